The summed E-state index contributed by atoms with van der Waals surface area (Å²) in [6.45, 7) is 5.46. The minimum absolute atomic E-state index is 0.230. The summed E-state index contributed by atoms with van der Waals surface area (Å²) in [5, 5.41) is 11.0. The second-order valence-corrected chi connectivity index (χ2v) is 5.15. The Morgan fingerprint density at radius 1 is 1.16 bits per heavy atom. The fourth-order valence-electron chi connectivity index (χ4n) is 1.66. The van der Waals surface area contributed by atoms with Gasteiger partial charge >= 0.3 is 0 Å². The zero-order valence-corrected chi connectivity index (χ0v) is 10.9. The topological polar surface area (TPSA) is 129 Å². The molecular formula is C12H15N3O4. The van der Waals surface area contributed by atoms with Crippen molar-refractivity contribution in [1.29, 1.82) is 0 Å². The molecule has 1 rings (SSSR count). The Balaban J connectivity index is 3.78. The predicted molar refractivity (Wildman–Crippen MR) is 68.8 cm³/mol. The van der Waals surface area contributed by atoms with Gasteiger partial charge in [0.2, 0.25) is 5.91 Å². The van der Waals surface area contributed by atoms with Gasteiger partial charge in [0.1, 0.15) is 5.56 Å². The lowest BCUT2D eigenvalue weighted by Gasteiger charge is -2.20. The zero-order valence-electron chi connectivity index (χ0n) is 10.9. The monoisotopic (exact) mass is 265 g/mol. The molecule has 1 aromatic carbocycles. The van der Waals surface area contributed by atoms with Crippen molar-refractivity contribution in [3.63, 3.8) is 0 Å². The van der Waals surface area contributed by atoms with Gasteiger partial charge in [0.15, 0.2) is 0 Å². The standard InChI is InChI=1S/C12H15N3O4/c1-12(2,3)6-4-7(10(13)16)9(11(14)17)8(5-6)15(18)19/h4-5H,1-3H3,(H2,13,16)(H2,14,17). The van der Waals surface area contributed by atoms with Crippen LogP contribution in [0.5, 0.6) is 0 Å². The maximum absolute atomic E-state index is 11.4. The Bertz CT molecular complexity index is 538. The van der Waals surface area contributed by atoms with E-state index in [4.69, 9.17) is 11.5 Å². The van der Waals surface area contributed by atoms with E-state index in [1.165, 1.54) is 12.1 Å². The average molecular weight is 265 g/mol. The number of amides is 2. The number of benzene rings is 1. The Labute approximate surface area is 109 Å². The molecule has 0 spiro atoms. The molecule has 0 aliphatic carbocycles. The highest BCUT2D eigenvalue weighted by molar-refractivity contribution is 6.09. The van der Waals surface area contributed by atoms with Gasteiger partial charge in [0, 0.05) is 6.07 Å². The Hall–Kier alpha value is -2.44. The van der Waals surface area contributed by atoms with Crippen LogP contribution in [0.15, 0.2) is 12.1 Å². The van der Waals surface area contributed by atoms with Crippen LogP contribution in [-0.2, 0) is 5.41 Å². The summed E-state index contributed by atoms with van der Waals surface area (Å²) in [5.74, 6) is -1.98. The van der Waals surface area contributed by atoms with E-state index in [9.17, 15) is 19.7 Å². The normalized spacial score (nSPS) is 11.1. The molecule has 4 N–H and O–H groups in total. The van der Waals surface area contributed by atoms with E-state index in [-0.39, 0.29) is 5.56 Å². The van der Waals surface area contributed by atoms with Gasteiger partial charge in [-0.05, 0) is 17.0 Å². The van der Waals surface area contributed by atoms with E-state index in [0.717, 1.165) is 0 Å². The highest BCUT2D eigenvalue weighted by Gasteiger charge is 2.29. The molecule has 7 heteroatoms. The van der Waals surface area contributed by atoms with Gasteiger partial charge in [0.25, 0.3) is 11.6 Å². The minimum Gasteiger partial charge on any atom is -0.366 e. The summed E-state index contributed by atoms with van der Waals surface area (Å²) in [7, 11) is 0. The van der Waals surface area contributed by atoms with E-state index in [0.29, 0.717) is 5.56 Å². The van der Waals surface area contributed by atoms with Crippen molar-refractivity contribution >= 4 is 17.5 Å². The lowest BCUT2D eigenvalue weighted by atomic mass is 9.84. The number of carbonyl (C=O) groups excluding carboxylic acids is 2. The van der Waals surface area contributed by atoms with E-state index < -0.39 is 33.4 Å². The first-order valence-corrected chi connectivity index (χ1v) is 5.48. The van der Waals surface area contributed by atoms with Gasteiger partial charge in [-0.3, -0.25) is 19.7 Å². The van der Waals surface area contributed by atoms with Crippen LogP contribution in [0.25, 0.3) is 0 Å². The molecule has 0 saturated heterocycles. The first kappa shape index (κ1) is 14.6. The molecular weight excluding hydrogens is 250 g/mol. The summed E-state index contributed by atoms with van der Waals surface area (Å²) < 4.78 is 0. The van der Waals surface area contributed by atoms with Gasteiger partial charge in [-0.2, -0.15) is 0 Å². The summed E-state index contributed by atoms with van der Waals surface area (Å²) >= 11 is 0. The molecule has 0 fully saturated rings. The van der Waals surface area contributed by atoms with Crippen LogP contribution in [0, 0.1) is 10.1 Å². The number of carbonyl (C=O) groups is 2. The van der Waals surface area contributed by atoms with Crippen molar-refractivity contribution in [3.8, 4) is 0 Å². The molecule has 19 heavy (non-hydrogen) atoms. The number of nitrogens with two attached hydrogens (primary N) is 2. The molecule has 0 unspecified atom stereocenters. The molecule has 2 amide bonds. The van der Waals surface area contributed by atoms with Gasteiger partial charge in [-0.25, -0.2) is 0 Å². The predicted octanol–water partition coefficient (Wildman–Crippen LogP) is 1.09. The highest BCUT2D eigenvalue weighted by atomic mass is 16.6. The van der Waals surface area contributed by atoms with Crippen LogP contribution in [-0.4, -0.2) is 16.7 Å². The third kappa shape index (κ3) is 2.87. The van der Waals surface area contributed by atoms with Crippen LogP contribution in [0.4, 0.5) is 5.69 Å². The fraction of sp³-hybridized carbons (Fsp3) is 0.333. The van der Waals surface area contributed by atoms with Gasteiger partial charge in [-0.1, -0.05) is 20.8 Å². The maximum atomic E-state index is 11.4. The molecule has 0 radical (unpaired) electrons. The summed E-state index contributed by atoms with van der Waals surface area (Å²) in [5.41, 5.74) is 9.16. The molecule has 0 aliphatic heterocycles. The van der Waals surface area contributed by atoms with Crippen molar-refractivity contribution < 1.29 is 14.5 Å². The van der Waals surface area contributed by atoms with Crippen LogP contribution < -0.4 is 11.5 Å². The third-order valence-electron chi connectivity index (χ3n) is 2.69. The SMILES string of the molecule is CC(C)(C)c1cc(C(N)=O)c(C(N)=O)c([N+](=O)[O-])c1. The van der Waals surface area contributed by atoms with Gasteiger partial charge < -0.3 is 11.5 Å². The molecule has 0 atom stereocenters. The van der Waals surface area contributed by atoms with Crippen molar-refractivity contribution in [3.05, 3.63) is 38.9 Å². The largest absolute Gasteiger partial charge is 0.366 e. The number of rotatable bonds is 3. The second-order valence-electron chi connectivity index (χ2n) is 5.15. The number of hydrogen-bond donors (Lipinski definition) is 2. The molecule has 7 nitrogen and oxygen atoms in total. The van der Waals surface area contributed by atoms with Crippen LogP contribution in [0.3, 0.4) is 0 Å². The molecule has 0 aliphatic rings. The maximum Gasteiger partial charge on any atom is 0.283 e. The summed E-state index contributed by atoms with van der Waals surface area (Å²) in [4.78, 5) is 33.0. The van der Waals surface area contributed by atoms with Crippen LogP contribution >= 0.6 is 0 Å². The second kappa shape index (κ2) is 4.68. The van der Waals surface area contributed by atoms with Gasteiger partial charge in [0.05, 0.1) is 10.5 Å². The Morgan fingerprint density at radius 2 is 1.68 bits per heavy atom. The van der Waals surface area contributed by atoms with Gasteiger partial charge in [-0.15, -0.1) is 0 Å². The lowest BCUT2D eigenvalue weighted by molar-refractivity contribution is -0.385. The number of nitro benzene ring substituents is 1. The van der Waals surface area contributed by atoms with Crippen molar-refractivity contribution in [2.45, 2.75) is 26.2 Å². The Kier molecular flexibility index (Phi) is 3.60. The molecule has 0 aromatic heterocycles. The van der Waals surface area contributed by atoms with E-state index >= 15 is 0 Å². The van der Waals surface area contributed by atoms with Crippen LogP contribution in [0.1, 0.15) is 47.1 Å². The molecule has 0 bridgehead atoms. The first-order chi connectivity index (χ1) is 8.55. The minimum atomic E-state index is -1.05. The van der Waals surface area contributed by atoms with E-state index in [1.807, 2.05) is 20.8 Å². The quantitative estimate of drug-likeness (QED) is 0.625. The highest BCUT2D eigenvalue weighted by Crippen LogP contribution is 2.31. The number of nitrogens with zero attached hydrogens (tertiary/aromatic N) is 1. The first-order valence-electron chi connectivity index (χ1n) is 5.48. The van der Waals surface area contributed by atoms with Crippen LogP contribution in [0.2, 0.25) is 0 Å². The van der Waals surface area contributed by atoms with Crippen molar-refractivity contribution in [2.24, 2.45) is 11.5 Å². The number of hydrogen-bond acceptors (Lipinski definition) is 4. The van der Waals surface area contributed by atoms with E-state index in [2.05, 4.69) is 0 Å². The smallest absolute Gasteiger partial charge is 0.283 e. The zero-order chi connectivity index (χ0) is 15.0. The molecule has 0 heterocycles. The molecule has 1 aromatic rings. The molecule has 0 saturated carbocycles. The fourth-order valence-corrected chi connectivity index (χ4v) is 1.66. The average Bonchev–Trinajstić information content (AvgIpc) is 2.25. The lowest BCUT2D eigenvalue weighted by Crippen LogP contribution is -2.24. The molecule has 102 valence electrons. The van der Waals surface area contributed by atoms with Crippen molar-refractivity contribution in [2.75, 3.05) is 0 Å². The number of primary amides is 2. The third-order valence-corrected chi connectivity index (χ3v) is 2.69. The summed E-state index contributed by atoms with van der Waals surface area (Å²) in [6, 6.07) is 2.61. The van der Waals surface area contributed by atoms with Crippen molar-refractivity contribution in [1.82, 2.24) is 0 Å². The van der Waals surface area contributed by atoms with E-state index in [1.54, 1.807) is 0 Å². The Morgan fingerprint density at radius 3 is 2.00 bits per heavy atom. The number of nitro groups is 1. The summed E-state index contributed by atoms with van der Waals surface area (Å²) in [6.07, 6.45) is 0.